The molecule has 1 N–H and O–H groups in total. The molecule has 50 valence electrons. The van der Waals surface area contributed by atoms with Gasteiger partial charge in [-0.15, -0.1) is 0 Å². The molecule has 4 nitrogen and oxygen atoms in total. The Balaban J connectivity index is 0. The van der Waals surface area contributed by atoms with E-state index >= 15 is 0 Å². The zero-order valence-electron chi connectivity index (χ0n) is 4.74. The summed E-state index contributed by atoms with van der Waals surface area (Å²) in [6.07, 6.45) is 0. The monoisotopic (exact) mass is 166 g/mol. The predicted molar refractivity (Wildman–Crippen MR) is 21.7 cm³/mol. The first-order chi connectivity index (χ1) is 3.48. The first kappa shape index (κ1) is 12.5. The molecule has 1 unspecified atom stereocenters. The minimum Gasteiger partial charge on any atom is -0.746 e. The average molecular weight is 166 g/mol. The molecular weight excluding hydrogens is 162 g/mol. The van der Waals surface area contributed by atoms with Crippen LogP contribution in [0.3, 0.4) is 0 Å². The van der Waals surface area contributed by atoms with E-state index in [2.05, 4.69) is 0 Å². The van der Waals surface area contributed by atoms with Gasteiger partial charge in [0.05, 0.1) is 6.61 Å². The summed E-state index contributed by atoms with van der Waals surface area (Å²) < 4.78 is 39.9. The second kappa shape index (κ2) is 4.59. The van der Waals surface area contributed by atoms with Gasteiger partial charge >= 0.3 is 29.6 Å². The fraction of sp³-hybridized carbons (Fsp3) is 1.00. The van der Waals surface area contributed by atoms with E-state index in [4.69, 9.17) is 5.11 Å². The Hall–Kier alpha value is 0.800. The first-order valence-electron chi connectivity index (χ1n) is 1.68. The number of aliphatic hydroxyl groups is 1. The summed E-state index contributed by atoms with van der Waals surface area (Å²) in [6.45, 7) is -1.27. The van der Waals surface area contributed by atoms with Crippen LogP contribution < -0.4 is 29.6 Å². The second-order valence-electron chi connectivity index (χ2n) is 1.09. The van der Waals surface area contributed by atoms with Crippen LogP contribution in [0.1, 0.15) is 0 Å². The van der Waals surface area contributed by atoms with Gasteiger partial charge in [0.1, 0.15) is 10.1 Å². The topological polar surface area (TPSA) is 77.4 Å². The van der Waals surface area contributed by atoms with Crippen molar-refractivity contribution in [3.8, 4) is 0 Å². The van der Waals surface area contributed by atoms with E-state index in [1.807, 2.05) is 0 Å². The minimum atomic E-state index is -4.92. The van der Waals surface area contributed by atoms with Gasteiger partial charge in [0, 0.05) is 0 Å². The SMILES string of the molecule is O=S(=O)([O-])C(F)CO.[Na+]. The molecule has 0 aromatic carbocycles. The Morgan fingerprint density at radius 1 is 1.67 bits per heavy atom. The van der Waals surface area contributed by atoms with Crippen LogP contribution in [0.5, 0.6) is 0 Å². The fourth-order valence-corrected chi connectivity index (χ4v) is 0.274. The summed E-state index contributed by atoms with van der Waals surface area (Å²) in [6, 6.07) is 0. The number of hydrogen-bond acceptors (Lipinski definition) is 4. The van der Waals surface area contributed by atoms with Gasteiger partial charge in [-0.2, -0.15) is 0 Å². The van der Waals surface area contributed by atoms with Crippen molar-refractivity contribution in [3.05, 3.63) is 0 Å². The van der Waals surface area contributed by atoms with E-state index < -0.39 is 22.2 Å². The molecule has 0 fully saturated rings. The molecule has 0 heterocycles. The van der Waals surface area contributed by atoms with Crippen molar-refractivity contribution < 1.29 is 52.0 Å². The maximum atomic E-state index is 11.5. The maximum absolute atomic E-state index is 11.5. The summed E-state index contributed by atoms with van der Waals surface area (Å²) in [5.74, 6) is 0. The van der Waals surface area contributed by atoms with E-state index in [9.17, 15) is 17.4 Å². The van der Waals surface area contributed by atoms with Crippen LogP contribution in [0, 0.1) is 0 Å². The molecule has 0 aliphatic rings. The number of alkyl halides is 1. The first-order valence-corrected chi connectivity index (χ1v) is 3.15. The third-order valence-electron chi connectivity index (χ3n) is 0.457. The molecule has 0 radical (unpaired) electrons. The Labute approximate surface area is 74.1 Å². The predicted octanol–water partition coefficient (Wildman–Crippen LogP) is -4.18. The molecule has 0 bridgehead atoms. The van der Waals surface area contributed by atoms with Crippen molar-refractivity contribution >= 4 is 10.1 Å². The second-order valence-corrected chi connectivity index (χ2v) is 2.58. The molecule has 0 aliphatic heterocycles. The van der Waals surface area contributed by atoms with E-state index in [-0.39, 0.29) is 29.6 Å². The summed E-state index contributed by atoms with van der Waals surface area (Å²) >= 11 is 0. The molecule has 1 atom stereocenters. The number of hydrogen-bond donors (Lipinski definition) is 1. The van der Waals surface area contributed by atoms with Crippen LogP contribution in [-0.2, 0) is 10.1 Å². The van der Waals surface area contributed by atoms with Gasteiger partial charge in [-0.1, -0.05) is 0 Å². The Morgan fingerprint density at radius 2 is 2.00 bits per heavy atom. The molecule has 0 aliphatic carbocycles. The quantitative estimate of drug-likeness (QED) is 0.333. The van der Waals surface area contributed by atoms with Gasteiger partial charge in [-0.05, 0) is 0 Å². The van der Waals surface area contributed by atoms with Crippen LogP contribution in [0.15, 0.2) is 0 Å². The number of halogens is 1. The van der Waals surface area contributed by atoms with E-state index in [1.165, 1.54) is 0 Å². The molecule has 0 amide bonds. The van der Waals surface area contributed by atoms with Crippen molar-refractivity contribution in [2.75, 3.05) is 6.61 Å². The normalized spacial score (nSPS) is 14.1. The average Bonchev–Trinajstić information content (AvgIpc) is 1.62. The molecule has 0 aromatic rings. The fourth-order valence-electron chi connectivity index (χ4n) is 0.0913. The van der Waals surface area contributed by atoms with Crippen LogP contribution >= 0.6 is 0 Å². The minimum absolute atomic E-state index is 0. The smallest absolute Gasteiger partial charge is 0.746 e. The summed E-state index contributed by atoms with van der Waals surface area (Å²) in [4.78, 5) is 0. The number of rotatable bonds is 2. The summed E-state index contributed by atoms with van der Waals surface area (Å²) in [5, 5.41) is 7.72. The van der Waals surface area contributed by atoms with E-state index in [0.717, 1.165) is 0 Å². The molecule has 7 heteroatoms. The van der Waals surface area contributed by atoms with Gasteiger partial charge in [-0.3, -0.25) is 0 Å². The van der Waals surface area contributed by atoms with Crippen LogP contribution in [0.4, 0.5) is 4.39 Å². The summed E-state index contributed by atoms with van der Waals surface area (Å²) in [5.41, 5.74) is -2.68. The summed E-state index contributed by atoms with van der Waals surface area (Å²) in [7, 11) is -4.92. The zero-order valence-corrected chi connectivity index (χ0v) is 7.56. The number of aliphatic hydroxyl groups excluding tert-OH is 1. The van der Waals surface area contributed by atoms with Gasteiger partial charge in [-0.25, -0.2) is 12.8 Å². The van der Waals surface area contributed by atoms with Crippen molar-refractivity contribution in [1.29, 1.82) is 0 Å². The van der Waals surface area contributed by atoms with Crippen molar-refractivity contribution in [1.82, 2.24) is 0 Å². The van der Waals surface area contributed by atoms with Gasteiger partial charge in [0.25, 0.3) is 0 Å². The van der Waals surface area contributed by atoms with Gasteiger partial charge in [0.15, 0.2) is 0 Å². The van der Waals surface area contributed by atoms with E-state index in [1.54, 1.807) is 0 Å². The zero-order chi connectivity index (χ0) is 6.78. The van der Waals surface area contributed by atoms with Crippen molar-refractivity contribution in [2.24, 2.45) is 0 Å². The molecule has 0 saturated heterocycles. The van der Waals surface area contributed by atoms with Crippen LogP contribution in [0.2, 0.25) is 0 Å². The molecule has 0 spiro atoms. The molecule has 0 aromatic heterocycles. The van der Waals surface area contributed by atoms with E-state index in [0.29, 0.717) is 0 Å². The molecule has 0 rings (SSSR count). The third-order valence-corrected chi connectivity index (χ3v) is 1.23. The van der Waals surface area contributed by atoms with Crippen molar-refractivity contribution in [2.45, 2.75) is 5.50 Å². The Bertz CT molecular complexity index is 154. The standard InChI is InChI=1S/C2H5FO4S.Na/c3-2(1-4)8(5,6)7;/h2,4H,1H2,(H,5,6,7);/q;+1/p-1. The maximum Gasteiger partial charge on any atom is 1.00 e. The third kappa shape index (κ3) is 5.25. The Morgan fingerprint density at radius 3 is 2.00 bits per heavy atom. The van der Waals surface area contributed by atoms with Crippen LogP contribution in [0.25, 0.3) is 0 Å². The molecule has 0 saturated carbocycles. The van der Waals surface area contributed by atoms with Gasteiger partial charge in [0.2, 0.25) is 5.50 Å². The Kier molecular flexibility index (Phi) is 6.36. The van der Waals surface area contributed by atoms with Crippen molar-refractivity contribution in [3.63, 3.8) is 0 Å². The van der Waals surface area contributed by atoms with Crippen LogP contribution in [-0.4, -0.2) is 30.2 Å². The largest absolute Gasteiger partial charge is 1.00 e. The molecule has 9 heavy (non-hydrogen) atoms. The molecular formula is C2H4FNaO4S. The van der Waals surface area contributed by atoms with Gasteiger partial charge < -0.3 is 9.66 Å².